The molecule has 0 saturated carbocycles. The van der Waals surface area contributed by atoms with E-state index in [1.807, 2.05) is 35.0 Å². The van der Waals surface area contributed by atoms with E-state index in [1.54, 1.807) is 6.07 Å². The molecule has 4 rings (SSSR count). The van der Waals surface area contributed by atoms with Crippen molar-refractivity contribution >= 4 is 28.5 Å². The number of alkyl halides is 3. The van der Waals surface area contributed by atoms with Gasteiger partial charge in [0.05, 0.1) is 23.4 Å². The fourth-order valence-corrected chi connectivity index (χ4v) is 3.78. The van der Waals surface area contributed by atoms with Crippen LogP contribution in [0.1, 0.15) is 27.2 Å². The van der Waals surface area contributed by atoms with Crippen LogP contribution >= 0.6 is 11.6 Å². The van der Waals surface area contributed by atoms with Crippen LogP contribution < -0.4 is 4.74 Å². The van der Waals surface area contributed by atoms with E-state index in [9.17, 15) is 18.0 Å². The van der Waals surface area contributed by atoms with Crippen LogP contribution in [0.25, 0.3) is 10.9 Å². The summed E-state index contributed by atoms with van der Waals surface area (Å²) < 4.78 is 48.3. The van der Waals surface area contributed by atoms with Crippen molar-refractivity contribution in [2.75, 3.05) is 7.11 Å². The van der Waals surface area contributed by atoms with Crippen molar-refractivity contribution in [3.8, 4) is 5.75 Å². The average Bonchev–Trinajstić information content (AvgIpc) is 3.15. The molecule has 0 amide bonds. The zero-order valence-electron chi connectivity index (χ0n) is 17.4. The molecule has 33 heavy (non-hydrogen) atoms. The van der Waals surface area contributed by atoms with Gasteiger partial charge in [0, 0.05) is 30.9 Å². The van der Waals surface area contributed by atoms with Crippen LogP contribution in [-0.4, -0.2) is 29.0 Å². The first-order chi connectivity index (χ1) is 15.7. The Morgan fingerprint density at radius 2 is 1.91 bits per heavy atom. The number of benzene rings is 2. The van der Waals surface area contributed by atoms with Crippen molar-refractivity contribution in [3.05, 3.63) is 94.4 Å². The van der Waals surface area contributed by atoms with Gasteiger partial charge in [-0.1, -0.05) is 29.8 Å². The molecule has 2 heterocycles. The molecule has 5 nitrogen and oxygen atoms in total. The minimum atomic E-state index is -4.73. The third-order valence-electron chi connectivity index (χ3n) is 5.03. The molecule has 4 aromatic rings. The Morgan fingerprint density at radius 1 is 1.09 bits per heavy atom. The number of nitrogens with zero attached hydrogens (tertiary/aromatic N) is 2. The number of rotatable bonds is 6. The Balaban J connectivity index is 1.57. The van der Waals surface area contributed by atoms with E-state index in [0.29, 0.717) is 34.8 Å². The number of hydrogen-bond acceptors (Lipinski definition) is 4. The average molecular weight is 475 g/mol. The second-order valence-corrected chi connectivity index (χ2v) is 7.78. The van der Waals surface area contributed by atoms with Crippen molar-refractivity contribution in [2.45, 2.75) is 19.3 Å². The maximum atomic E-state index is 12.5. The molecule has 0 aliphatic carbocycles. The predicted octanol–water partition coefficient (Wildman–Crippen LogP) is 6.01. The molecular formula is C24H18ClF3N2O3. The molecule has 0 aliphatic rings. The number of fused-ring (bicyclic) bond motifs is 1. The van der Waals surface area contributed by atoms with Gasteiger partial charge < -0.3 is 14.0 Å². The SMILES string of the molecule is COC(=O)c1cc(Cl)cnc1Cc1ccc2c(ccn2Cc2cccc(OC(F)(F)F)c2)c1. The lowest BCUT2D eigenvalue weighted by Gasteiger charge is -2.11. The van der Waals surface area contributed by atoms with E-state index in [2.05, 4.69) is 9.72 Å². The quantitative estimate of drug-likeness (QED) is 0.321. The van der Waals surface area contributed by atoms with Crippen molar-refractivity contribution in [2.24, 2.45) is 0 Å². The molecule has 0 aliphatic heterocycles. The second kappa shape index (κ2) is 9.15. The topological polar surface area (TPSA) is 53.3 Å². The molecule has 0 bridgehead atoms. The minimum Gasteiger partial charge on any atom is -0.465 e. The van der Waals surface area contributed by atoms with E-state index < -0.39 is 12.3 Å². The van der Waals surface area contributed by atoms with Gasteiger partial charge >= 0.3 is 12.3 Å². The number of esters is 1. The molecule has 170 valence electrons. The number of carbonyl (C=O) groups is 1. The third-order valence-corrected chi connectivity index (χ3v) is 5.24. The summed E-state index contributed by atoms with van der Waals surface area (Å²) in [5, 5.41) is 1.29. The van der Waals surface area contributed by atoms with Gasteiger partial charge in [-0.25, -0.2) is 4.79 Å². The molecule has 2 aromatic heterocycles. The summed E-state index contributed by atoms with van der Waals surface area (Å²) in [7, 11) is 1.30. The maximum absolute atomic E-state index is 12.5. The standard InChI is InChI=1S/C24H18ClF3N2O3/c1-32-23(31)20-12-18(25)13-29-21(20)11-15-5-6-22-17(9-15)7-8-30(22)14-16-3-2-4-19(10-16)33-24(26,27)28/h2-10,12-13H,11,14H2,1H3. The summed E-state index contributed by atoms with van der Waals surface area (Å²) >= 11 is 5.97. The molecule has 2 aromatic carbocycles. The molecule has 0 radical (unpaired) electrons. The van der Waals surface area contributed by atoms with Crippen LogP contribution in [0.3, 0.4) is 0 Å². The van der Waals surface area contributed by atoms with Crippen LogP contribution in [0.15, 0.2) is 67.0 Å². The van der Waals surface area contributed by atoms with Crippen LogP contribution in [0.4, 0.5) is 13.2 Å². The summed E-state index contributed by atoms with van der Waals surface area (Å²) in [6.45, 7) is 0.378. The fraction of sp³-hybridized carbons (Fsp3) is 0.167. The lowest BCUT2D eigenvalue weighted by Crippen LogP contribution is -2.17. The van der Waals surface area contributed by atoms with Gasteiger partial charge in [0.1, 0.15) is 5.75 Å². The summed E-state index contributed by atoms with van der Waals surface area (Å²) in [6, 6.07) is 15.2. The number of pyridine rings is 1. The molecule has 0 atom stereocenters. The highest BCUT2D eigenvalue weighted by Gasteiger charge is 2.31. The molecular weight excluding hydrogens is 457 g/mol. The lowest BCUT2D eigenvalue weighted by molar-refractivity contribution is -0.274. The van der Waals surface area contributed by atoms with E-state index in [0.717, 1.165) is 16.5 Å². The van der Waals surface area contributed by atoms with E-state index in [1.165, 1.54) is 37.6 Å². The minimum absolute atomic E-state index is 0.254. The fourth-order valence-electron chi connectivity index (χ4n) is 3.62. The van der Waals surface area contributed by atoms with Gasteiger partial charge in [0.15, 0.2) is 0 Å². The smallest absolute Gasteiger partial charge is 0.465 e. The molecule has 0 unspecified atom stereocenters. The highest BCUT2D eigenvalue weighted by atomic mass is 35.5. The van der Waals surface area contributed by atoms with Crippen LogP contribution in [0, 0.1) is 0 Å². The van der Waals surface area contributed by atoms with Gasteiger partial charge in [0.25, 0.3) is 0 Å². The zero-order valence-corrected chi connectivity index (χ0v) is 18.2. The number of ether oxygens (including phenoxy) is 2. The van der Waals surface area contributed by atoms with E-state index in [4.69, 9.17) is 16.3 Å². The highest BCUT2D eigenvalue weighted by molar-refractivity contribution is 6.30. The van der Waals surface area contributed by atoms with Crippen molar-refractivity contribution in [3.63, 3.8) is 0 Å². The normalized spacial score (nSPS) is 11.5. The largest absolute Gasteiger partial charge is 0.573 e. The number of carbonyl (C=O) groups excluding carboxylic acids is 1. The summed E-state index contributed by atoms with van der Waals surface area (Å²) in [5.74, 6) is -0.764. The Hall–Kier alpha value is -3.52. The summed E-state index contributed by atoms with van der Waals surface area (Å²) in [6.07, 6.45) is -0.984. The van der Waals surface area contributed by atoms with Crippen LogP contribution in [0.5, 0.6) is 5.75 Å². The molecule has 0 N–H and O–H groups in total. The first-order valence-electron chi connectivity index (χ1n) is 9.87. The second-order valence-electron chi connectivity index (χ2n) is 7.35. The molecule has 9 heteroatoms. The lowest BCUT2D eigenvalue weighted by atomic mass is 10.0. The Bertz CT molecular complexity index is 1320. The number of hydrogen-bond donors (Lipinski definition) is 0. The van der Waals surface area contributed by atoms with Crippen LogP contribution in [-0.2, 0) is 17.7 Å². The molecule has 0 spiro atoms. The maximum Gasteiger partial charge on any atom is 0.573 e. The van der Waals surface area contributed by atoms with Crippen LogP contribution in [0.2, 0.25) is 5.02 Å². The first kappa shape index (κ1) is 22.7. The summed E-state index contributed by atoms with van der Waals surface area (Å²) in [5.41, 5.74) is 3.38. The molecule has 0 saturated heterocycles. The Kier molecular flexibility index (Phi) is 6.29. The number of halogens is 4. The zero-order chi connectivity index (χ0) is 23.6. The van der Waals surface area contributed by atoms with Gasteiger partial charge in [-0.2, -0.15) is 0 Å². The summed E-state index contributed by atoms with van der Waals surface area (Å²) in [4.78, 5) is 16.4. The first-order valence-corrected chi connectivity index (χ1v) is 10.2. The number of methoxy groups -OCH3 is 1. The van der Waals surface area contributed by atoms with E-state index >= 15 is 0 Å². The van der Waals surface area contributed by atoms with Gasteiger partial charge in [-0.05, 0) is 52.9 Å². The third kappa shape index (κ3) is 5.46. The predicted molar refractivity (Wildman–Crippen MR) is 118 cm³/mol. The van der Waals surface area contributed by atoms with Crippen molar-refractivity contribution in [1.29, 1.82) is 0 Å². The van der Waals surface area contributed by atoms with Gasteiger partial charge in [0.2, 0.25) is 0 Å². The van der Waals surface area contributed by atoms with Crippen molar-refractivity contribution < 1.29 is 27.4 Å². The Morgan fingerprint density at radius 3 is 2.67 bits per heavy atom. The number of aromatic nitrogens is 2. The Labute approximate surface area is 192 Å². The van der Waals surface area contributed by atoms with E-state index in [-0.39, 0.29) is 5.75 Å². The van der Waals surface area contributed by atoms with Crippen molar-refractivity contribution in [1.82, 2.24) is 9.55 Å². The highest BCUT2D eigenvalue weighted by Crippen LogP contribution is 2.26. The molecule has 0 fully saturated rings. The van der Waals surface area contributed by atoms with Gasteiger partial charge in [-0.3, -0.25) is 4.98 Å². The van der Waals surface area contributed by atoms with Gasteiger partial charge in [-0.15, -0.1) is 13.2 Å². The monoisotopic (exact) mass is 474 g/mol.